The molecule has 0 aliphatic heterocycles. The molecular formula is C22H21N3O4. The van der Waals surface area contributed by atoms with E-state index in [4.69, 9.17) is 4.74 Å². The third-order valence-electron chi connectivity index (χ3n) is 5.44. The number of methoxy groups -OCH3 is 1. The molecule has 0 spiro atoms. The number of H-pyrrole nitrogens is 1. The van der Waals surface area contributed by atoms with Gasteiger partial charge in [-0.3, -0.25) is 19.1 Å². The molecule has 2 heterocycles. The maximum Gasteiger partial charge on any atom is 0.329 e. The molecule has 148 valence electrons. The fourth-order valence-corrected chi connectivity index (χ4v) is 4.24. The SMILES string of the molecule is COc1cc(Cn2c3c(c(=O)[nH]c2=O)C(C)c2c(C)cc(C)cc2C3=O)ccn1. The lowest BCUT2D eigenvalue weighted by Gasteiger charge is -2.28. The minimum absolute atomic E-state index is 0.120. The second kappa shape index (κ2) is 6.84. The number of aromatic amines is 1. The lowest BCUT2D eigenvalue weighted by atomic mass is 9.78. The minimum atomic E-state index is -0.613. The van der Waals surface area contributed by atoms with Crippen LogP contribution in [0.3, 0.4) is 0 Å². The molecule has 1 aliphatic rings. The summed E-state index contributed by atoms with van der Waals surface area (Å²) in [5.74, 6) is -0.199. The van der Waals surface area contributed by atoms with Crippen LogP contribution in [-0.2, 0) is 6.54 Å². The fraction of sp³-hybridized carbons (Fsp3) is 0.273. The zero-order valence-electron chi connectivity index (χ0n) is 16.7. The van der Waals surface area contributed by atoms with Crippen molar-refractivity contribution in [1.82, 2.24) is 14.5 Å². The summed E-state index contributed by atoms with van der Waals surface area (Å²) in [6.45, 7) is 5.88. The molecule has 1 unspecified atom stereocenters. The molecular weight excluding hydrogens is 370 g/mol. The number of rotatable bonds is 3. The number of hydrogen-bond acceptors (Lipinski definition) is 5. The highest BCUT2D eigenvalue weighted by atomic mass is 16.5. The van der Waals surface area contributed by atoms with E-state index >= 15 is 0 Å². The summed E-state index contributed by atoms with van der Waals surface area (Å²) in [6.07, 6.45) is 1.57. The summed E-state index contributed by atoms with van der Waals surface area (Å²) in [5.41, 5.74) is 3.40. The summed E-state index contributed by atoms with van der Waals surface area (Å²) in [5, 5.41) is 0. The molecule has 0 bridgehead atoms. The molecule has 1 N–H and O–H groups in total. The highest BCUT2D eigenvalue weighted by Gasteiger charge is 2.35. The number of aromatic nitrogens is 3. The number of nitrogens with one attached hydrogen (secondary N) is 1. The number of ketones is 1. The van der Waals surface area contributed by atoms with Gasteiger partial charge in [0.1, 0.15) is 5.69 Å². The molecule has 0 saturated heterocycles. The molecule has 7 nitrogen and oxygen atoms in total. The number of fused-ring (bicyclic) bond motifs is 2. The van der Waals surface area contributed by atoms with E-state index in [1.165, 1.54) is 11.7 Å². The number of benzene rings is 1. The van der Waals surface area contributed by atoms with Crippen molar-refractivity contribution in [3.05, 3.63) is 90.4 Å². The zero-order chi connectivity index (χ0) is 20.9. The average molecular weight is 391 g/mol. The number of nitrogens with zero attached hydrogens (tertiary/aromatic N) is 2. The predicted octanol–water partition coefficient (Wildman–Crippen LogP) is 2.30. The Kier molecular flexibility index (Phi) is 4.45. The van der Waals surface area contributed by atoms with Crippen molar-refractivity contribution >= 4 is 5.78 Å². The largest absolute Gasteiger partial charge is 0.481 e. The Morgan fingerprint density at radius 2 is 1.90 bits per heavy atom. The average Bonchev–Trinajstić information content (AvgIpc) is 2.67. The van der Waals surface area contributed by atoms with Crippen molar-refractivity contribution in [2.45, 2.75) is 33.2 Å². The Hall–Kier alpha value is -3.48. The molecule has 2 aromatic heterocycles. The normalized spacial score (nSPS) is 15.0. The molecule has 1 aliphatic carbocycles. The van der Waals surface area contributed by atoms with Crippen LogP contribution in [0, 0.1) is 13.8 Å². The van der Waals surface area contributed by atoms with E-state index < -0.39 is 11.2 Å². The van der Waals surface area contributed by atoms with Crippen LogP contribution < -0.4 is 16.0 Å². The maximum atomic E-state index is 13.4. The van der Waals surface area contributed by atoms with Gasteiger partial charge in [-0.1, -0.05) is 18.6 Å². The number of ether oxygens (including phenoxy) is 1. The topological polar surface area (TPSA) is 94.0 Å². The monoisotopic (exact) mass is 391 g/mol. The highest BCUT2D eigenvalue weighted by Crippen LogP contribution is 2.36. The Labute approximate surface area is 167 Å². The van der Waals surface area contributed by atoms with E-state index in [-0.39, 0.29) is 23.9 Å². The summed E-state index contributed by atoms with van der Waals surface area (Å²) < 4.78 is 6.48. The molecule has 7 heteroatoms. The third kappa shape index (κ3) is 2.99. The molecule has 3 aromatic rings. The third-order valence-corrected chi connectivity index (χ3v) is 5.44. The molecule has 0 amide bonds. The van der Waals surface area contributed by atoms with Gasteiger partial charge in [0.15, 0.2) is 0 Å². The molecule has 0 radical (unpaired) electrons. The van der Waals surface area contributed by atoms with Gasteiger partial charge in [0.25, 0.3) is 5.56 Å². The number of pyridine rings is 1. The van der Waals surface area contributed by atoms with Gasteiger partial charge in [-0.25, -0.2) is 9.78 Å². The highest BCUT2D eigenvalue weighted by molar-refractivity contribution is 6.12. The summed E-state index contributed by atoms with van der Waals surface area (Å²) in [6, 6.07) is 7.27. The molecule has 1 aromatic carbocycles. The fourth-order valence-electron chi connectivity index (χ4n) is 4.24. The van der Waals surface area contributed by atoms with E-state index in [2.05, 4.69) is 9.97 Å². The summed E-state index contributed by atoms with van der Waals surface area (Å²) >= 11 is 0. The first-order chi connectivity index (χ1) is 13.8. The van der Waals surface area contributed by atoms with Crippen LogP contribution in [0.25, 0.3) is 0 Å². The van der Waals surface area contributed by atoms with Crippen molar-refractivity contribution in [1.29, 1.82) is 0 Å². The van der Waals surface area contributed by atoms with Crippen molar-refractivity contribution in [3.8, 4) is 5.88 Å². The summed E-state index contributed by atoms with van der Waals surface area (Å²) in [4.78, 5) is 45.3. The summed E-state index contributed by atoms with van der Waals surface area (Å²) in [7, 11) is 1.51. The van der Waals surface area contributed by atoms with Crippen LogP contribution in [-0.4, -0.2) is 27.4 Å². The van der Waals surface area contributed by atoms with Gasteiger partial charge in [0, 0.05) is 23.7 Å². The number of aryl methyl sites for hydroxylation is 2. The van der Waals surface area contributed by atoms with Crippen LogP contribution in [0.5, 0.6) is 5.88 Å². The van der Waals surface area contributed by atoms with E-state index in [1.54, 1.807) is 18.3 Å². The molecule has 4 rings (SSSR count). The Balaban J connectivity index is 1.96. The Bertz CT molecular complexity index is 1270. The lowest BCUT2D eigenvalue weighted by Crippen LogP contribution is -2.40. The first-order valence-corrected chi connectivity index (χ1v) is 9.33. The van der Waals surface area contributed by atoms with E-state index in [9.17, 15) is 14.4 Å². The number of carbonyl (C=O) groups is 1. The quantitative estimate of drug-likeness (QED) is 0.739. The lowest BCUT2D eigenvalue weighted by molar-refractivity contribution is 0.102. The van der Waals surface area contributed by atoms with E-state index in [1.807, 2.05) is 32.9 Å². The zero-order valence-corrected chi connectivity index (χ0v) is 16.7. The Morgan fingerprint density at radius 1 is 1.14 bits per heavy atom. The van der Waals surface area contributed by atoms with Gasteiger partial charge in [-0.05, 0) is 42.7 Å². The number of hydrogen-bond donors (Lipinski definition) is 1. The number of carbonyl (C=O) groups excluding carboxylic acids is 1. The molecule has 1 atom stereocenters. The van der Waals surface area contributed by atoms with Gasteiger partial charge < -0.3 is 4.74 Å². The first-order valence-electron chi connectivity index (χ1n) is 9.33. The standard InChI is InChI=1S/C22H21N3O4/c1-11-7-12(2)17-13(3)18-19(20(26)15(17)8-11)25(22(28)24-21(18)27)10-14-5-6-23-16(9-14)29-4/h5-9,13H,10H2,1-4H3,(H,24,27,28). The second-order valence-electron chi connectivity index (χ2n) is 7.41. The van der Waals surface area contributed by atoms with Crippen LogP contribution in [0.4, 0.5) is 0 Å². The van der Waals surface area contributed by atoms with Crippen molar-refractivity contribution < 1.29 is 9.53 Å². The molecule has 0 fully saturated rings. The van der Waals surface area contributed by atoms with Crippen LogP contribution >= 0.6 is 0 Å². The smallest absolute Gasteiger partial charge is 0.329 e. The van der Waals surface area contributed by atoms with E-state index in [0.717, 1.165) is 22.3 Å². The van der Waals surface area contributed by atoms with Crippen LogP contribution in [0.15, 0.2) is 40.1 Å². The van der Waals surface area contributed by atoms with Crippen molar-refractivity contribution in [2.24, 2.45) is 0 Å². The second-order valence-corrected chi connectivity index (χ2v) is 7.41. The Morgan fingerprint density at radius 3 is 2.62 bits per heavy atom. The van der Waals surface area contributed by atoms with Gasteiger partial charge in [0.2, 0.25) is 11.7 Å². The van der Waals surface area contributed by atoms with Gasteiger partial charge in [-0.15, -0.1) is 0 Å². The van der Waals surface area contributed by atoms with Crippen LogP contribution in [0.1, 0.15) is 56.7 Å². The van der Waals surface area contributed by atoms with Crippen molar-refractivity contribution in [3.63, 3.8) is 0 Å². The van der Waals surface area contributed by atoms with E-state index in [0.29, 0.717) is 17.0 Å². The molecule has 29 heavy (non-hydrogen) atoms. The van der Waals surface area contributed by atoms with Crippen molar-refractivity contribution in [2.75, 3.05) is 7.11 Å². The van der Waals surface area contributed by atoms with Gasteiger partial charge in [0.05, 0.1) is 19.2 Å². The minimum Gasteiger partial charge on any atom is -0.481 e. The van der Waals surface area contributed by atoms with Crippen LogP contribution in [0.2, 0.25) is 0 Å². The predicted molar refractivity (Wildman–Crippen MR) is 108 cm³/mol. The van der Waals surface area contributed by atoms with Gasteiger partial charge >= 0.3 is 5.69 Å². The van der Waals surface area contributed by atoms with Gasteiger partial charge in [-0.2, -0.15) is 0 Å². The first kappa shape index (κ1) is 18.9. The molecule has 0 saturated carbocycles. The maximum absolute atomic E-state index is 13.4.